The normalized spacial score (nSPS) is 19.4. The lowest BCUT2D eigenvalue weighted by atomic mass is 9.82. The van der Waals surface area contributed by atoms with E-state index in [-0.39, 0.29) is 5.97 Å². The molecule has 3 rings (SSSR count). The Morgan fingerprint density at radius 3 is 2.41 bits per heavy atom. The van der Waals surface area contributed by atoms with Gasteiger partial charge in [0.25, 0.3) is 0 Å². The van der Waals surface area contributed by atoms with Gasteiger partial charge in [0.15, 0.2) is 0 Å². The minimum Gasteiger partial charge on any atom is -0.462 e. The third-order valence-corrected chi connectivity index (χ3v) is 5.32. The van der Waals surface area contributed by atoms with Crippen LogP contribution in [0, 0.1) is 0 Å². The SMILES string of the molecule is CCCCC1=C(c2ccc(C(=O)OCC)cc2)C(O)(c2ccccc2)CC1. The molecular formula is C24H28O3. The highest BCUT2D eigenvalue weighted by molar-refractivity contribution is 5.90. The third-order valence-electron chi connectivity index (χ3n) is 5.32. The Morgan fingerprint density at radius 1 is 1.07 bits per heavy atom. The molecule has 3 heteroatoms. The van der Waals surface area contributed by atoms with Gasteiger partial charge in [-0.2, -0.15) is 0 Å². The van der Waals surface area contributed by atoms with Crippen molar-refractivity contribution >= 4 is 11.5 Å². The monoisotopic (exact) mass is 364 g/mol. The Morgan fingerprint density at radius 2 is 1.78 bits per heavy atom. The van der Waals surface area contributed by atoms with Crippen LogP contribution in [0.25, 0.3) is 5.57 Å². The Kier molecular flexibility index (Phi) is 6.12. The summed E-state index contributed by atoms with van der Waals surface area (Å²) in [5.41, 5.74) is 3.82. The van der Waals surface area contributed by atoms with Crippen molar-refractivity contribution in [1.82, 2.24) is 0 Å². The van der Waals surface area contributed by atoms with Crippen LogP contribution in [0.5, 0.6) is 0 Å². The largest absolute Gasteiger partial charge is 0.462 e. The number of allylic oxidation sites excluding steroid dienone is 1. The molecule has 0 spiro atoms. The van der Waals surface area contributed by atoms with E-state index in [1.165, 1.54) is 5.57 Å². The van der Waals surface area contributed by atoms with E-state index < -0.39 is 5.60 Å². The molecule has 0 amide bonds. The summed E-state index contributed by atoms with van der Waals surface area (Å²) in [6.07, 6.45) is 4.85. The Hall–Kier alpha value is -2.39. The first kappa shape index (κ1) is 19.4. The van der Waals surface area contributed by atoms with Crippen LogP contribution in [0.1, 0.15) is 67.4 Å². The standard InChI is InChI=1S/C24H28O3/c1-3-5-9-18-16-17-24(26,21-10-7-6-8-11-21)22(18)19-12-14-20(15-13-19)23(25)27-4-2/h6-8,10-15,26H,3-5,9,16-17H2,1-2H3. The topological polar surface area (TPSA) is 46.5 Å². The number of esters is 1. The molecule has 0 heterocycles. The molecule has 0 aromatic heterocycles. The summed E-state index contributed by atoms with van der Waals surface area (Å²) in [6.45, 7) is 4.35. The molecule has 1 unspecified atom stereocenters. The highest BCUT2D eigenvalue weighted by Gasteiger charge is 2.40. The molecule has 1 aliphatic rings. The molecule has 1 aliphatic carbocycles. The van der Waals surface area contributed by atoms with Gasteiger partial charge in [0, 0.05) is 0 Å². The van der Waals surface area contributed by atoms with Crippen molar-refractivity contribution in [2.24, 2.45) is 0 Å². The second kappa shape index (κ2) is 8.53. The van der Waals surface area contributed by atoms with Crippen molar-refractivity contribution in [2.45, 2.75) is 51.6 Å². The lowest BCUT2D eigenvalue weighted by Gasteiger charge is -2.28. The van der Waals surface area contributed by atoms with Crippen molar-refractivity contribution in [3.63, 3.8) is 0 Å². The lowest BCUT2D eigenvalue weighted by Crippen LogP contribution is -2.24. The number of carbonyl (C=O) groups excluding carboxylic acids is 1. The van der Waals surface area contributed by atoms with Crippen molar-refractivity contribution in [1.29, 1.82) is 0 Å². The van der Waals surface area contributed by atoms with Crippen LogP contribution in [-0.2, 0) is 10.3 Å². The molecule has 0 aliphatic heterocycles. The highest BCUT2D eigenvalue weighted by atomic mass is 16.5. The Balaban J connectivity index is 2.02. The third kappa shape index (κ3) is 3.98. The van der Waals surface area contributed by atoms with E-state index >= 15 is 0 Å². The van der Waals surface area contributed by atoms with Crippen molar-refractivity contribution < 1.29 is 14.6 Å². The van der Waals surface area contributed by atoms with Crippen LogP contribution in [-0.4, -0.2) is 17.7 Å². The zero-order valence-corrected chi connectivity index (χ0v) is 16.2. The van der Waals surface area contributed by atoms with Crippen molar-refractivity contribution in [2.75, 3.05) is 6.61 Å². The summed E-state index contributed by atoms with van der Waals surface area (Å²) in [5, 5.41) is 11.7. The van der Waals surface area contributed by atoms with E-state index in [9.17, 15) is 9.90 Å². The van der Waals surface area contributed by atoms with Gasteiger partial charge in [0.2, 0.25) is 0 Å². The molecule has 2 aromatic carbocycles. The van der Waals surface area contributed by atoms with Crippen LogP contribution < -0.4 is 0 Å². The van der Waals surface area contributed by atoms with E-state index in [2.05, 4.69) is 6.92 Å². The second-order valence-electron chi connectivity index (χ2n) is 7.11. The van der Waals surface area contributed by atoms with Crippen LogP contribution in [0.2, 0.25) is 0 Å². The summed E-state index contributed by atoms with van der Waals surface area (Å²) in [5.74, 6) is -0.311. The summed E-state index contributed by atoms with van der Waals surface area (Å²) in [7, 11) is 0. The molecule has 0 bridgehead atoms. The average Bonchev–Trinajstić information content (AvgIpc) is 3.05. The van der Waals surface area contributed by atoms with Gasteiger partial charge >= 0.3 is 5.97 Å². The lowest BCUT2D eigenvalue weighted by molar-refractivity contribution is 0.0526. The van der Waals surface area contributed by atoms with Crippen LogP contribution in [0.4, 0.5) is 0 Å². The fraction of sp³-hybridized carbons (Fsp3) is 0.375. The molecular weight excluding hydrogens is 336 g/mol. The van der Waals surface area contributed by atoms with Gasteiger partial charge in [-0.1, -0.05) is 61.4 Å². The smallest absolute Gasteiger partial charge is 0.338 e. The zero-order chi connectivity index (χ0) is 19.3. The van der Waals surface area contributed by atoms with Crippen LogP contribution >= 0.6 is 0 Å². The maximum Gasteiger partial charge on any atom is 0.338 e. The molecule has 2 aromatic rings. The number of carbonyl (C=O) groups is 1. The van der Waals surface area contributed by atoms with Gasteiger partial charge in [0.1, 0.15) is 5.60 Å². The zero-order valence-electron chi connectivity index (χ0n) is 16.2. The van der Waals surface area contributed by atoms with Gasteiger partial charge < -0.3 is 9.84 Å². The molecule has 1 atom stereocenters. The first-order valence-electron chi connectivity index (χ1n) is 9.88. The van der Waals surface area contributed by atoms with Crippen LogP contribution in [0.15, 0.2) is 60.2 Å². The number of unbranched alkanes of at least 4 members (excludes halogenated alkanes) is 1. The summed E-state index contributed by atoms with van der Waals surface area (Å²) in [4.78, 5) is 11.9. The Labute approximate surface area is 161 Å². The second-order valence-corrected chi connectivity index (χ2v) is 7.11. The maximum absolute atomic E-state index is 11.9. The number of aliphatic hydroxyl groups is 1. The van der Waals surface area contributed by atoms with Gasteiger partial charge in [-0.05, 0) is 61.4 Å². The molecule has 27 heavy (non-hydrogen) atoms. The van der Waals surface area contributed by atoms with E-state index in [4.69, 9.17) is 4.74 Å². The van der Waals surface area contributed by atoms with E-state index in [1.807, 2.05) is 42.5 Å². The molecule has 142 valence electrons. The number of hydrogen-bond acceptors (Lipinski definition) is 3. The predicted octanol–water partition coefficient (Wildman–Crippen LogP) is 5.49. The van der Waals surface area contributed by atoms with Crippen molar-refractivity contribution in [3.8, 4) is 0 Å². The molecule has 0 radical (unpaired) electrons. The summed E-state index contributed by atoms with van der Waals surface area (Å²) in [6, 6.07) is 17.4. The van der Waals surface area contributed by atoms with E-state index in [0.717, 1.165) is 42.4 Å². The number of ether oxygens (including phenoxy) is 1. The fourth-order valence-electron chi connectivity index (χ4n) is 3.95. The van der Waals surface area contributed by atoms with Gasteiger partial charge in [-0.25, -0.2) is 4.79 Å². The van der Waals surface area contributed by atoms with Crippen molar-refractivity contribution in [3.05, 3.63) is 76.9 Å². The van der Waals surface area contributed by atoms with Gasteiger partial charge in [-0.3, -0.25) is 0 Å². The maximum atomic E-state index is 11.9. The van der Waals surface area contributed by atoms with Crippen LogP contribution in [0.3, 0.4) is 0 Å². The summed E-state index contributed by atoms with van der Waals surface area (Å²) >= 11 is 0. The first-order chi connectivity index (χ1) is 13.1. The summed E-state index contributed by atoms with van der Waals surface area (Å²) < 4.78 is 5.08. The molecule has 3 nitrogen and oxygen atoms in total. The van der Waals surface area contributed by atoms with E-state index in [0.29, 0.717) is 18.6 Å². The number of hydrogen-bond donors (Lipinski definition) is 1. The number of rotatable bonds is 7. The highest BCUT2D eigenvalue weighted by Crippen LogP contribution is 2.49. The number of benzene rings is 2. The minimum absolute atomic E-state index is 0.311. The molecule has 0 saturated carbocycles. The predicted molar refractivity (Wildman–Crippen MR) is 108 cm³/mol. The minimum atomic E-state index is -0.976. The van der Waals surface area contributed by atoms with Gasteiger partial charge in [0.05, 0.1) is 12.2 Å². The quantitative estimate of drug-likeness (QED) is 0.661. The van der Waals surface area contributed by atoms with E-state index in [1.54, 1.807) is 19.1 Å². The molecule has 1 N–H and O–H groups in total. The fourth-order valence-corrected chi connectivity index (χ4v) is 3.95. The molecule has 0 saturated heterocycles. The Bertz CT molecular complexity index is 805. The first-order valence-corrected chi connectivity index (χ1v) is 9.88. The average molecular weight is 364 g/mol. The molecule has 0 fully saturated rings. The van der Waals surface area contributed by atoms with Gasteiger partial charge in [-0.15, -0.1) is 0 Å².